The average Bonchev–Trinajstić information content (AvgIpc) is 3.38. The zero-order chi connectivity index (χ0) is 34.2. The average molecular weight is 652 g/mol. The Morgan fingerprint density at radius 2 is 1.87 bits per heavy atom. The number of nitrogens with two attached hydrogens (primary N) is 1. The second-order valence-corrected chi connectivity index (χ2v) is 12.6. The number of primary amides is 1. The van der Waals surface area contributed by atoms with Crippen molar-refractivity contribution in [2.45, 2.75) is 102 Å². The van der Waals surface area contributed by atoms with Gasteiger partial charge >= 0.3 is 0 Å². The molecule has 3 rings (SSSR count). The van der Waals surface area contributed by atoms with Crippen molar-refractivity contribution in [3.63, 3.8) is 0 Å². The number of aliphatic hydroxyl groups is 5. The van der Waals surface area contributed by atoms with Crippen LogP contribution in [0.2, 0.25) is 0 Å². The summed E-state index contributed by atoms with van der Waals surface area (Å²) in [5.41, 5.74) is 8.12. The minimum atomic E-state index is -1.57. The highest BCUT2D eigenvalue weighted by molar-refractivity contribution is 5.87. The highest BCUT2D eigenvalue weighted by Gasteiger charge is 2.45. The maximum absolute atomic E-state index is 12.2. The fourth-order valence-corrected chi connectivity index (χ4v) is 5.13. The van der Waals surface area contributed by atoms with Crippen molar-refractivity contribution in [3.05, 3.63) is 40.6 Å². The van der Waals surface area contributed by atoms with Gasteiger partial charge in [0.15, 0.2) is 0 Å². The van der Waals surface area contributed by atoms with E-state index in [9.17, 15) is 35.1 Å². The van der Waals surface area contributed by atoms with Crippen LogP contribution in [-0.2, 0) is 20.7 Å². The van der Waals surface area contributed by atoms with Gasteiger partial charge in [0.2, 0.25) is 24.0 Å². The summed E-state index contributed by atoms with van der Waals surface area (Å²) in [6, 6.07) is 4.63. The number of aromatic amines is 1. The normalized spacial score (nSPS) is 22.5. The second kappa shape index (κ2) is 16.5. The summed E-state index contributed by atoms with van der Waals surface area (Å²) in [5, 5.41) is 62.4. The van der Waals surface area contributed by atoms with Crippen LogP contribution in [0.3, 0.4) is 0 Å². The van der Waals surface area contributed by atoms with Crippen molar-refractivity contribution in [2.75, 3.05) is 26.4 Å². The molecule has 2 aromatic rings. The van der Waals surface area contributed by atoms with E-state index in [4.69, 9.17) is 19.9 Å². The number of carbonyl (C=O) groups is 2. The first-order valence-corrected chi connectivity index (χ1v) is 15.4. The SMILES string of the molecule is Cc1cc(OCCCNC(C)(C)CC(=O)N[C@@H](CO)C(N)=O)ccc1Cc1c(OC2OC(CO)[C@@H](O)C(O)[C@H]2O)n[nH]c1C(C)C. The van der Waals surface area contributed by atoms with Crippen LogP contribution in [0.1, 0.15) is 68.8 Å². The van der Waals surface area contributed by atoms with E-state index in [0.717, 1.165) is 22.4 Å². The predicted molar refractivity (Wildman–Crippen MR) is 166 cm³/mol. The third-order valence-corrected chi connectivity index (χ3v) is 7.85. The van der Waals surface area contributed by atoms with E-state index in [1.54, 1.807) is 0 Å². The molecule has 15 nitrogen and oxygen atoms in total. The van der Waals surface area contributed by atoms with Gasteiger partial charge in [0.05, 0.1) is 19.8 Å². The van der Waals surface area contributed by atoms with Crippen molar-refractivity contribution in [1.82, 2.24) is 20.8 Å². The van der Waals surface area contributed by atoms with Crippen LogP contribution in [0.4, 0.5) is 0 Å². The lowest BCUT2D eigenvalue weighted by atomic mass is 9.96. The number of aryl methyl sites for hydroxylation is 1. The molecule has 0 spiro atoms. The third kappa shape index (κ3) is 9.84. The molecule has 1 aliphatic rings. The van der Waals surface area contributed by atoms with Crippen molar-refractivity contribution in [1.29, 1.82) is 0 Å². The molecule has 46 heavy (non-hydrogen) atoms. The van der Waals surface area contributed by atoms with E-state index >= 15 is 0 Å². The van der Waals surface area contributed by atoms with E-state index < -0.39 is 67.3 Å². The largest absolute Gasteiger partial charge is 0.494 e. The Morgan fingerprint density at radius 3 is 2.48 bits per heavy atom. The number of hydrogen-bond donors (Lipinski definition) is 9. The molecule has 258 valence electrons. The molecular weight excluding hydrogens is 602 g/mol. The number of aromatic nitrogens is 2. The number of H-pyrrole nitrogens is 1. The fourth-order valence-electron chi connectivity index (χ4n) is 5.13. The van der Waals surface area contributed by atoms with Gasteiger partial charge in [-0.25, -0.2) is 0 Å². The summed E-state index contributed by atoms with van der Waals surface area (Å²) in [6.07, 6.45) is -5.89. The Kier molecular flexibility index (Phi) is 13.3. The first-order valence-electron chi connectivity index (χ1n) is 15.4. The van der Waals surface area contributed by atoms with Gasteiger partial charge in [-0.3, -0.25) is 14.7 Å². The van der Waals surface area contributed by atoms with E-state index in [2.05, 4.69) is 20.8 Å². The second-order valence-electron chi connectivity index (χ2n) is 12.6. The Morgan fingerprint density at radius 1 is 1.15 bits per heavy atom. The van der Waals surface area contributed by atoms with Crippen molar-refractivity contribution in [2.24, 2.45) is 5.73 Å². The van der Waals surface area contributed by atoms with Gasteiger partial charge in [0.25, 0.3) is 0 Å². The van der Waals surface area contributed by atoms with Crippen molar-refractivity contribution < 1.29 is 49.3 Å². The van der Waals surface area contributed by atoms with Crippen LogP contribution in [0.5, 0.6) is 11.6 Å². The Bertz CT molecular complexity index is 1300. The number of ether oxygens (including phenoxy) is 3. The quantitative estimate of drug-likeness (QED) is 0.0946. The molecule has 1 aromatic carbocycles. The van der Waals surface area contributed by atoms with Gasteiger partial charge in [-0.05, 0) is 62.9 Å². The number of rotatable bonds is 17. The maximum atomic E-state index is 12.2. The number of hydrogen-bond acceptors (Lipinski definition) is 12. The van der Waals surface area contributed by atoms with Crippen LogP contribution in [0.25, 0.3) is 0 Å². The molecule has 2 heterocycles. The van der Waals surface area contributed by atoms with Crippen LogP contribution < -0.4 is 25.8 Å². The number of nitrogens with zero attached hydrogens (tertiary/aromatic N) is 1. The maximum Gasteiger partial charge on any atom is 0.242 e. The Hall–Kier alpha value is -3.31. The summed E-state index contributed by atoms with van der Waals surface area (Å²) >= 11 is 0. The number of carbonyl (C=O) groups excluding carboxylic acids is 2. The summed E-state index contributed by atoms with van der Waals surface area (Å²) in [5.74, 6) is -0.254. The molecule has 2 amide bonds. The van der Waals surface area contributed by atoms with Crippen LogP contribution in [0, 0.1) is 6.92 Å². The Balaban J connectivity index is 1.57. The predicted octanol–water partition coefficient (Wildman–Crippen LogP) is -0.899. The standard InChI is InChI=1S/C31H49N5O10/c1-16(2)24-20(29(36-35-24)46-30-27(42)26(41)25(40)22(15-38)45-30)12-18-7-8-19(11-17(18)3)44-10-6-9-33-31(4,5)13-23(39)34-21(14-37)28(32)43/h7-8,11,16,21-22,25-27,30,33,37-38,40-42H,6,9-10,12-15H2,1-5H3,(H2,32,43)(H,34,39)(H,35,36)/t21-,22?,25+,26?,27+,30?/m0/s1. The molecule has 6 atom stereocenters. The van der Waals surface area contributed by atoms with Crippen molar-refractivity contribution >= 4 is 11.8 Å². The summed E-state index contributed by atoms with van der Waals surface area (Å²) in [7, 11) is 0. The highest BCUT2D eigenvalue weighted by atomic mass is 16.7. The first kappa shape index (κ1) is 37.2. The van der Waals surface area contributed by atoms with Crippen molar-refractivity contribution in [3.8, 4) is 11.6 Å². The fraction of sp³-hybridized carbons (Fsp3) is 0.645. The molecule has 10 N–H and O–H groups in total. The van der Waals surface area contributed by atoms with Gasteiger partial charge in [-0.2, -0.15) is 0 Å². The first-order chi connectivity index (χ1) is 21.7. The summed E-state index contributed by atoms with van der Waals surface area (Å²) in [6.45, 7) is 9.56. The lowest BCUT2D eigenvalue weighted by molar-refractivity contribution is -0.278. The molecular formula is C31H49N5O10. The van der Waals surface area contributed by atoms with Crippen LogP contribution >= 0.6 is 0 Å². The highest BCUT2D eigenvalue weighted by Crippen LogP contribution is 2.32. The summed E-state index contributed by atoms with van der Waals surface area (Å²) in [4.78, 5) is 23.5. The molecule has 1 saturated heterocycles. The number of benzene rings is 1. The van der Waals surface area contributed by atoms with Gasteiger partial charge in [-0.1, -0.05) is 19.9 Å². The zero-order valence-electron chi connectivity index (χ0n) is 27.0. The van der Waals surface area contributed by atoms with Crippen LogP contribution in [0.15, 0.2) is 18.2 Å². The number of aliphatic hydroxyl groups excluding tert-OH is 5. The monoisotopic (exact) mass is 651 g/mol. The molecule has 1 aromatic heterocycles. The molecule has 1 fully saturated rings. The van der Waals surface area contributed by atoms with E-state index in [-0.39, 0.29) is 18.2 Å². The van der Waals surface area contributed by atoms with Gasteiger partial charge < -0.3 is 56.1 Å². The minimum absolute atomic E-state index is 0.0677. The van der Waals surface area contributed by atoms with E-state index in [1.807, 2.05) is 52.8 Å². The molecule has 0 aliphatic carbocycles. The van der Waals surface area contributed by atoms with Gasteiger partial charge in [0, 0.05) is 29.6 Å². The molecule has 0 radical (unpaired) electrons. The molecule has 15 heteroatoms. The van der Waals surface area contributed by atoms with Gasteiger partial charge in [0.1, 0.15) is 36.2 Å². The third-order valence-electron chi connectivity index (χ3n) is 7.85. The summed E-state index contributed by atoms with van der Waals surface area (Å²) < 4.78 is 17.4. The van der Waals surface area contributed by atoms with E-state index in [1.165, 1.54) is 0 Å². The van der Waals surface area contributed by atoms with Gasteiger partial charge in [-0.15, -0.1) is 5.10 Å². The number of amides is 2. The lowest BCUT2D eigenvalue weighted by Crippen LogP contribution is -2.60. The molecule has 3 unspecified atom stereocenters. The lowest BCUT2D eigenvalue weighted by Gasteiger charge is -2.39. The molecule has 1 aliphatic heterocycles. The van der Waals surface area contributed by atoms with E-state index in [0.29, 0.717) is 31.7 Å². The smallest absolute Gasteiger partial charge is 0.242 e. The molecule has 0 bridgehead atoms. The number of nitrogens with one attached hydrogen (secondary N) is 3. The minimum Gasteiger partial charge on any atom is -0.494 e. The van der Waals surface area contributed by atoms with Crippen LogP contribution in [-0.4, -0.2) is 116 Å². The zero-order valence-corrected chi connectivity index (χ0v) is 27.0. The topological polar surface area (TPSA) is 242 Å². The Labute approximate surface area is 268 Å². The molecule has 0 saturated carbocycles.